The van der Waals surface area contributed by atoms with E-state index in [0.29, 0.717) is 32.8 Å². The monoisotopic (exact) mass is 417 g/mol. The third-order valence-corrected chi connectivity index (χ3v) is 5.87. The number of carbonyl (C=O) groups excluding carboxylic acids is 3. The van der Waals surface area contributed by atoms with Crippen molar-refractivity contribution >= 4 is 17.8 Å². The highest BCUT2D eigenvalue weighted by atomic mass is 16.5. The van der Waals surface area contributed by atoms with Crippen LogP contribution in [-0.4, -0.2) is 74.1 Å². The number of ether oxygens (including phenoxy) is 2. The van der Waals surface area contributed by atoms with Crippen molar-refractivity contribution in [2.75, 3.05) is 46.5 Å². The van der Waals surface area contributed by atoms with Gasteiger partial charge in [-0.2, -0.15) is 0 Å². The molecular formula is C22H31N3O5. The first-order chi connectivity index (χ1) is 14.4. The Balaban J connectivity index is 1.53. The van der Waals surface area contributed by atoms with Crippen LogP contribution in [-0.2, 0) is 19.7 Å². The Bertz CT molecular complexity index is 759. The van der Waals surface area contributed by atoms with E-state index in [2.05, 4.69) is 17.4 Å². The van der Waals surface area contributed by atoms with Gasteiger partial charge in [-0.25, -0.2) is 4.79 Å². The van der Waals surface area contributed by atoms with E-state index in [1.807, 2.05) is 19.1 Å². The number of benzene rings is 1. The number of carbonyl (C=O) groups is 3. The Morgan fingerprint density at radius 2 is 1.90 bits per heavy atom. The molecule has 0 bridgehead atoms. The Kier molecular flexibility index (Phi) is 7.31. The number of hydrogen-bond acceptors (Lipinski definition) is 5. The molecule has 30 heavy (non-hydrogen) atoms. The Labute approximate surface area is 177 Å². The zero-order chi connectivity index (χ0) is 21.6. The minimum Gasteiger partial charge on any atom is -0.494 e. The lowest BCUT2D eigenvalue weighted by molar-refractivity contribution is -0.126. The molecule has 0 atom stereocenters. The summed E-state index contributed by atoms with van der Waals surface area (Å²) in [7, 11) is 1.60. The SMILES string of the molecule is CCOc1ccc(C2(CNC(=O)CCCN3C(=O)CN(C)C3=O)CCOCC2)cc1. The molecule has 8 heteroatoms. The van der Waals surface area contributed by atoms with Crippen molar-refractivity contribution in [1.82, 2.24) is 15.1 Å². The first-order valence-corrected chi connectivity index (χ1v) is 10.6. The summed E-state index contributed by atoms with van der Waals surface area (Å²) in [5, 5.41) is 3.06. The first-order valence-electron chi connectivity index (χ1n) is 10.6. The molecular weight excluding hydrogens is 386 g/mol. The van der Waals surface area contributed by atoms with Gasteiger partial charge < -0.3 is 19.7 Å². The summed E-state index contributed by atoms with van der Waals surface area (Å²) in [6.07, 6.45) is 2.40. The molecule has 8 nitrogen and oxygen atoms in total. The minimum atomic E-state index is -0.294. The summed E-state index contributed by atoms with van der Waals surface area (Å²) < 4.78 is 11.1. The van der Waals surface area contributed by atoms with Crippen LogP contribution in [0.15, 0.2) is 24.3 Å². The molecule has 164 valence electrons. The van der Waals surface area contributed by atoms with Gasteiger partial charge in [-0.15, -0.1) is 0 Å². The van der Waals surface area contributed by atoms with Gasteiger partial charge in [0.05, 0.1) is 6.61 Å². The maximum absolute atomic E-state index is 12.4. The minimum absolute atomic E-state index is 0.0701. The molecule has 3 rings (SSSR count). The molecule has 0 aromatic heterocycles. The molecule has 0 saturated carbocycles. The normalized spacial score (nSPS) is 18.6. The molecule has 4 amide bonds. The van der Waals surface area contributed by atoms with E-state index in [4.69, 9.17) is 9.47 Å². The molecule has 0 aliphatic carbocycles. The van der Waals surface area contributed by atoms with Crippen molar-refractivity contribution in [2.45, 2.75) is 38.0 Å². The van der Waals surface area contributed by atoms with E-state index in [0.717, 1.165) is 18.6 Å². The van der Waals surface area contributed by atoms with Crippen LogP contribution in [0.3, 0.4) is 0 Å². The van der Waals surface area contributed by atoms with Crippen molar-refractivity contribution in [3.05, 3.63) is 29.8 Å². The lowest BCUT2D eigenvalue weighted by atomic mass is 9.74. The number of hydrogen-bond donors (Lipinski definition) is 1. The van der Waals surface area contributed by atoms with Crippen molar-refractivity contribution in [1.29, 1.82) is 0 Å². The molecule has 1 aromatic carbocycles. The molecule has 0 spiro atoms. The van der Waals surface area contributed by atoms with E-state index < -0.39 is 0 Å². The average molecular weight is 418 g/mol. The Morgan fingerprint density at radius 3 is 2.50 bits per heavy atom. The van der Waals surface area contributed by atoms with Gasteiger partial charge in [0.15, 0.2) is 0 Å². The lowest BCUT2D eigenvalue weighted by Gasteiger charge is -2.38. The van der Waals surface area contributed by atoms with Gasteiger partial charge in [-0.1, -0.05) is 12.1 Å². The van der Waals surface area contributed by atoms with Crippen LogP contribution in [0.1, 0.15) is 38.2 Å². The van der Waals surface area contributed by atoms with Crippen molar-refractivity contribution < 1.29 is 23.9 Å². The predicted molar refractivity (Wildman–Crippen MR) is 111 cm³/mol. The summed E-state index contributed by atoms with van der Waals surface area (Å²) in [5.41, 5.74) is 1.01. The van der Waals surface area contributed by atoms with E-state index in [9.17, 15) is 14.4 Å². The van der Waals surface area contributed by atoms with Crippen LogP contribution in [0.4, 0.5) is 4.79 Å². The number of nitrogens with one attached hydrogen (secondary N) is 1. The summed E-state index contributed by atoms with van der Waals surface area (Å²) in [4.78, 5) is 38.7. The number of nitrogens with zero attached hydrogens (tertiary/aromatic N) is 2. The van der Waals surface area contributed by atoms with Gasteiger partial charge in [-0.3, -0.25) is 14.5 Å². The molecule has 2 heterocycles. The van der Waals surface area contributed by atoms with Gasteiger partial charge >= 0.3 is 6.03 Å². The fraction of sp³-hybridized carbons (Fsp3) is 0.591. The smallest absolute Gasteiger partial charge is 0.326 e. The van der Waals surface area contributed by atoms with E-state index in [-0.39, 0.29) is 42.8 Å². The topological polar surface area (TPSA) is 88.2 Å². The molecule has 2 aliphatic heterocycles. The second-order valence-electron chi connectivity index (χ2n) is 7.91. The third kappa shape index (κ3) is 5.11. The maximum Gasteiger partial charge on any atom is 0.326 e. The summed E-state index contributed by atoms with van der Waals surface area (Å²) in [5.74, 6) is 0.558. The summed E-state index contributed by atoms with van der Waals surface area (Å²) in [6, 6.07) is 7.79. The van der Waals surface area contributed by atoms with Crippen molar-refractivity contribution in [3.63, 3.8) is 0 Å². The molecule has 2 saturated heterocycles. The van der Waals surface area contributed by atoms with E-state index in [1.54, 1.807) is 7.05 Å². The number of imide groups is 1. The third-order valence-electron chi connectivity index (χ3n) is 5.87. The largest absolute Gasteiger partial charge is 0.494 e. The highest BCUT2D eigenvalue weighted by Gasteiger charge is 2.35. The van der Waals surface area contributed by atoms with Crippen LogP contribution in [0, 0.1) is 0 Å². The predicted octanol–water partition coefficient (Wildman–Crippen LogP) is 1.92. The lowest BCUT2D eigenvalue weighted by Crippen LogP contribution is -2.44. The van der Waals surface area contributed by atoms with Gasteiger partial charge in [-0.05, 0) is 43.9 Å². The second kappa shape index (κ2) is 9.93. The number of urea groups is 1. The average Bonchev–Trinajstić information content (AvgIpc) is 2.99. The molecule has 1 N–H and O–H groups in total. The number of amides is 4. The Morgan fingerprint density at radius 1 is 1.20 bits per heavy atom. The van der Waals surface area contributed by atoms with Gasteiger partial charge in [0.1, 0.15) is 12.3 Å². The molecule has 2 aliphatic rings. The van der Waals surface area contributed by atoms with Crippen LogP contribution in [0.5, 0.6) is 5.75 Å². The summed E-state index contributed by atoms with van der Waals surface area (Å²) in [6.45, 7) is 4.82. The van der Waals surface area contributed by atoms with Crippen LogP contribution in [0.2, 0.25) is 0 Å². The number of rotatable bonds is 9. The molecule has 1 aromatic rings. The van der Waals surface area contributed by atoms with Gasteiger partial charge in [0, 0.05) is 45.2 Å². The van der Waals surface area contributed by atoms with E-state index >= 15 is 0 Å². The van der Waals surface area contributed by atoms with Crippen LogP contribution < -0.4 is 10.1 Å². The second-order valence-corrected chi connectivity index (χ2v) is 7.91. The first kappa shape index (κ1) is 22.1. The maximum atomic E-state index is 12.4. The highest BCUT2D eigenvalue weighted by molar-refractivity contribution is 6.01. The van der Waals surface area contributed by atoms with Gasteiger partial charge in [0.2, 0.25) is 11.8 Å². The quantitative estimate of drug-likeness (QED) is 0.620. The fourth-order valence-corrected chi connectivity index (χ4v) is 4.04. The zero-order valence-corrected chi connectivity index (χ0v) is 17.8. The van der Waals surface area contributed by atoms with E-state index in [1.165, 1.54) is 15.4 Å². The van der Waals surface area contributed by atoms with Crippen molar-refractivity contribution in [3.8, 4) is 5.75 Å². The van der Waals surface area contributed by atoms with Gasteiger partial charge in [0.25, 0.3) is 0 Å². The highest BCUT2D eigenvalue weighted by Crippen LogP contribution is 2.35. The Hall–Kier alpha value is -2.61. The zero-order valence-electron chi connectivity index (χ0n) is 17.8. The van der Waals surface area contributed by atoms with Crippen LogP contribution >= 0.6 is 0 Å². The molecule has 0 unspecified atom stereocenters. The van der Waals surface area contributed by atoms with Crippen LogP contribution in [0.25, 0.3) is 0 Å². The fourth-order valence-electron chi connectivity index (χ4n) is 4.04. The molecule has 2 fully saturated rings. The summed E-state index contributed by atoms with van der Waals surface area (Å²) >= 11 is 0. The number of likely N-dealkylation sites (N-methyl/N-ethyl adjacent to an activating group) is 1. The van der Waals surface area contributed by atoms with Crippen molar-refractivity contribution in [2.24, 2.45) is 0 Å². The standard InChI is InChI=1S/C22H31N3O5/c1-3-30-18-8-6-17(7-9-18)22(10-13-29-14-11-22)16-23-19(26)5-4-12-25-20(27)15-24(2)21(25)28/h6-9H,3-5,10-16H2,1-2H3,(H,23,26). The molecule has 0 radical (unpaired) electrons.